The van der Waals surface area contributed by atoms with E-state index < -0.39 is 0 Å². The number of carbonyl (C=O) groups excluding carboxylic acids is 1. The molecule has 0 saturated heterocycles. The van der Waals surface area contributed by atoms with Gasteiger partial charge in [0.1, 0.15) is 0 Å². The molecule has 3 aromatic rings. The second-order valence-corrected chi connectivity index (χ2v) is 6.31. The Balaban J connectivity index is 1.84. The fourth-order valence-electron chi connectivity index (χ4n) is 2.35. The molecule has 1 amide bonds. The number of rotatable bonds is 5. The number of benzene rings is 2. The normalized spacial score (nSPS) is 12.2. The van der Waals surface area contributed by atoms with Gasteiger partial charge in [0.15, 0.2) is 0 Å². The number of halogens is 1. The lowest BCUT2D eigenvalue weighted by atomic mass is 9.98. The van der Waals surface area contributed by atoms with Crippen LogP contribution in [0.4, 0.5) is 0 Å². The quantitative estimate of drug-likeness (QED) is 0.674. The van der Waals surface area contributed by atoms with E-state index in [1.165, 1.54) is 17.4 Å². The summed E-state index contributed by atoms with van der Waals surface area (Å²) in [7, 11) is 0. The van der Waals surface area contributed by atoms with Gasteiger partial charge in [0.25, 0.3) is 0 Å². The Labute approximate surface area is 149 Å². The topological polar surface area (TPSA) is 42.0 Å². The lowest BCUT2D eigenvalue weighted by molar-refractivity contribution is -0.116. The van der Waals surface area contributed by atoms with Gasteiger partial charge in [0, 0.05) is 16.5 Å². The molecule has 120 valence electrons. The van der Waals surface area contributed by atoms with Crippen LogP contribution in [0.2, 0.25) is 5.02 Å². The number of nitrogens with zero attached hydrogens (tertiary/aromatic N) is 1. The van der Waals surface area contributed by atoms with Crippen LogP contribution in [0.25, 0.3) is 6.08 Å². The fourth-order valence-corrected chi connectivity index (χ4v) is 3.07. The van der Waals surface area contributed by atoms with E-state index in [1.54, 1.807) is 11.6 Å². The summed E-state index contributed by atoms with van der Waals surface area (Å²) < 4.78 is 0. The van der Waals surface area contributed by atoms with Crippen LogP contribution in [0.1, 0.15) is 22.9 Å². The molecule has 5 heteroatoms. The molecule has 1 heterocycles. The molecule has 0 bridgehead atoms. The number of amides is 1. The van der Waals surface area contributed by atoms with Gasteiger partial charge >= 0.3 is 0 Å². The fraction of sp³-hybridized carbons (Fsp3) is 0.0526. The Morgan fingerprint density at radius 2 is 1.92 bits per heavy atom. The van der Waals surface area contributed by atoms with E-state index in [2.05, 4.69) is 10.3 Å². The van der Waals surface area contributed by atoms with Crippen molar-refractivity contribution in [3.05, 3.63) is 93.4 Å². The van der Waals surface area contributed by atoms with Crippen LogP contribution in [0, 0.1) is 0 Å². The zero-order valence-corrected chi connectivity index (χ0v) is 14.3. The molecule has 1 N–H and O–H groups in total. The maximum absolute atomic E-state index is 12.3. The predicted octanol–water partition coefficient (Wildman–Crippen LogP) is 4.72. The van der Waals surface area contributed by atoms with Gasteiger partial charge in [-0.15, -0.1) is 11.3 Å². The molecule has 0 spiro atoms. The maximum atomic E-state index is 12.3. The highest BCUT2D eigenvalue weighted by Crippen LogP contribution is 2.24. The highest BCUT2D eigenvalue weighted by atomic mass is 35.5. The summed E-state index contributed by atoms with van der Waals surface area (Å²) in [6.45, 7) is 0. The van der Waals surface area contributed by atoms with Crippen LogP contribution < -0.4 is 5.32 Å². The van der Waals surface area contributed by atoms with Gasteiger partial charge < -0.3 is 5.32 Å². The Morgan fingerprint density at radius 3 is 2.62 bits per heavy atom. The van der Waals surface area contributed by atoms with Gasteiger partial charge in [-0.25, -0.2) is 4.98 Å². The first kappa shape index (κ1) is 16.4. The van der Waals surface area contributed by atoms with Gasteiger partial charge in [-0.2, -0.15) is 0 Å². The van der Waals surface area contributed by atoms with Gasteiger partial charge in [-0.3, -0.25) is 4.79 Å². The molecule has 2 aromatic carbocycles. The molecule has 1 aromatic heterocycles. The lowest BCUT2D eigenvalue weighted by Gasteiger charge is -2.19. The minimum atomic E-state index is -0.266. The summed E-state index contributed by atoms with van der Waals surface area (Å²) in [6, 6.07) is 17.1. The third kappa shape index (κ3) is 4.31. The molecule has 0 radical (unpaired) electrons. The van der Waals surface area contributed by atoms with E-state index in [0.717, 1.165) is 16.8 Å². The summed E-state index contributed by atoms with van der Waals surface area (Å²) in [5.74, 6) is -0.183. The van der Waals surface area contributed by atoms with E-state index in [0.29, 0.717) is 5.02 Å². The average Bonchev–Trinajstić information content (AvgIpc) is 3.12. The third-order valence-electron chi connectivity index (χ3n) is 3.46. The highest BCUT2D eigenvalue weighted by Gasteiger charge is 2.15. The molecule has 24 heavy (non-hydrogen) atoms. The van der Waals surface area contributed by atoms with Crippen molar-refractivity contribution < 1.29 is 4.79 Å². The minimum absolute atomic E-state index is 0.183. The van der Waals surface area contributed by atoms with Crippen LogP contribution in [-0.2, 0) is 4.79 Å². The average molecular weight is 355 g/mol. The molecule has 3 rings (SSSR count). The molecule has 0 aliphatic heterocycles. The van der Waals surface area contributed by atoms with Gasteiger partial charge in [-0.05, 0) is 29.3 Å². The van der Waals surface area contributed by atoms with E-state index in [-0.39, 0.29) is 11.9 Å². The Hall–Kier alpha value is -2.43. The van der Waals surface area contributed by atoms with Crippen molar-refractivity contribution in [2.75, 3.05) is 0 Å². The number of hydrogen-bond acceptors (Lipinski definition) is 3. The van der Waals surface area contributed by atoms with Crippen molar-refractivity contribution in [3.63, 3.8) is 0 Å². The van der Waals surface area contributed by atoms with Gasteiger partial charge in [-0.1, -0.05) is 54.1 Å². The number of aromatic nitrogens is 1. The van der Waals surface area contributed by atoms with Crippen LogP contribution in [0.3, 0.4) is 0 Å². The molecular formula is C19H15ClN2OS. The van der Waals surface area contributed by atoms with Crippen molar-refractivity contribution in [2.24, 2.45) is 0 Å². The smallest absolute Gasteiger partial charge is 0.244 e. The second kappa shape index (κ2) is 7.90. The standard InChI is InChI=1S/C19H15ClN2OS/c20-16-8-4-7-15(11-16)19(14-5-2-1-3-6-14)22-18(23)10-9-17-12-24-13-21-17/h1-13,19H,(H,22,23). The minimum Gasteiger partial charge on any atom is -0.342 e. The number of hydrogen-bond donors (Lipinski definition) is 1. The number of carbonyl (C=O) groups is 1. The third-order valence-corrected chi connectivity index (χ3v) is 4.30. The summed E-state index contributed by atoms with van der Waals surface area (Å²) in [4.78, 5) is 16.5. The molecule has 0 fully saturated rings. The zero-order valence-electron chi connectivity index (χ0n) is 12.7. The first-order valence-corrected chi connectivity index (χ1v) is 8.71. The number of nitrogens with one attached hydrogen (secondary N) is 1. The van der Waals surface area contributed by atoms with E-state index in [4.69, 9.17) is 11.6 Å². The predicted molar refractivity (Wildman–Crippen MR) is 99.0 cm³/mol. The van der Waals surface area contributed by atoms with Crippen molar-refractivity contribution in [1.82, 2.24) is 10.3 Å². The van der Waals surface area contributed by atoms with Crippen LogP contribution in [0.5, 0.6) is 0 Å². The van der Waals surface area contributed by atoms with Crippen LogP contribution >= 0.6 is 22.9 Å². The Kier molecular flexibility index (Phi) is 5.41. The molecular weight excluding hydrogens is 340 g/mol. The molecule has 0 saturated carbocycles. The van der Waals surface area contributed by atoms with Crippen molar-refractivity contribution in [1.29, 1.82) is 0 Å². The Morgan fingerprint density at radius 1 is 1.12 bits per heavy atom. The van der Waals surface area contributed by atoms with E-state index in [9.17, 15) is 4.79 Å². The summed E-state index contributed by atoms with van der Waals surface area (Å²) in [5.41, 5.74) is 4.43. The Bertz CT molecular complexity index is 832. The maximum Gasteiger partial charge on any atom is 0.244 e. The van der Waals surface area contributed by atoms with E-state index in [1.807, 2.05) is 60.0 Å². The molecule has 3 nitrogen and oxygen atoms in total. The largest absolute Gasteiger partial charge is 0.342 e. The van der Waals surface area contributed by atoms with Crippen LogP contribution in [-0.4, -0.2) is 10.9 Å². The zero-order chi connectivity index (χ0) is 16.8. The summed E-state index contributed by atoms with van der Waals surface area (Å²) in [6.07, 6.45) is 3.20. The van der Waals surface area contributed by atoms with Crippen molar-refractivity contribution in [2.45, 2.75) is 6.04 Å². The molecule has 1 unspecified atom stereocenters. The lowest BCUT2D eigenvalue weighted by Crippen LogP contribution is -2.27. The summed E-state index contributed by atoms with van der Waals surface area (Å²) in [5, 5.41) is 5.55. The molecule has 1 atom stereocenters. The van der Waals surface area contributed by atoms with Gasteiger partial charge in [0.05, 0.1) is 17.2 Å². The molecule has 0 aliphatic rings. The summed E-state index contributed by atoms with van der Waals surface area (Å²) >= 11 is 7.60. The monoisotopic (exact) mass is 354 g/mol. The van der Waals surface area contributed by atoms with Crippen molar-refractivity contribution >= 4 is 34.9 Å². The van der Waals surface area contributed by atoms with Crippen molar-refractivity contribution in [3.8, 4) is 0 Å². The second-order valence-electron chi connectivity index (χ2n) is 5.15. The first-order valence-electron chi connectivity index (χ1n) is 7.39. The highest BCUT2D eigenvalue weighted by molar-refractivity contribution is 7.07. The first-order chi connectivity index (χ1) is 11.7. The van der Waals surface area contributed by atoms with Crippen LogP contribution in [0.15, 0.2) is 71.6 Å². The van der Waals surface area contributed by atoms with Gasteiger partial charge in [0.2, 0.25) is 5.91 Å². The van der Waals surface area contributed by atoms with E-state index >= 15 is 0 Å². The number of thiazole rings is 1. The SMILES string of the molecule is O=C(C=Cc1cscn1)NC(c1ccccc1)c1cccc(Cl)c1. The molecule has 0 aliphatic carbocycles.